The molecule has 1 saturated heterocycles. The maximum Gasteiger partial charge on any atom is 0.0848 e. The minimum Gasteiger partial charge on any atom is -0.388 e. The molecule has 0 aromatic rings. The highest BCUT2D eigenvalue weighted by atomic mass is 16.5. The summed E-state index contributed by atoms with van der Waals surface area (Å²) in [7, 11) is 0. The van der Waals surface area contributed by atoms with Crippen LogP contribution in [-0.2, 0) is 4.74 Å². The highest BCUT2D eigenvalue weighted by molar-refractivity contribution is 5.06. The van der Waals surface area contributed by atoms with E-state index in [1.165, 1.54) is 0 Å². The molecular formula is C10H19NO2. The number of nitrogens with two attached hydrogens (primary N) is 1. The van der Waals surface area contributed by atoms with Gasteiger partial charge in [0, 0.05) is 6.61 Å². The largest absolute Gasteiger partial charge is 0.388 e. The van der Waals surface area contributed by atoms with Gasteiger partial charge >= 0.3 is 0 Å². The van der Waals surface area contributed by atoms with E-state index in [4.69, 9.17) is 10.5 Å². The fraction of sp³-hybridized carbons (Fsp3) is 1.00. The second-order valence-corrected chi connectivity index (χ2v) is 4.55. The molecule has 76 valence electrons. The molecule has 1 aliphatic heterocycles. The Kier molecular flexibility index (Phi) is 2.34. The van der Waals surface area contributed by atoms with Crippen molar-refractivity contribution >= 4 is 0 Å². The van der Waals surface area contributed by atoms with E-state index in [0.29, 0.717) is 6.61 Å². The Morgan fingerprint density at radius 2 is 1.77 bits per heavy atom. The minimum atomic E-state index is -0.645. The van der Waals surface area contributed by atoms with E-state index in [1.807, 2.05) is 0 Å². The van der Waals surface area contributed by atoms with E-state index >= 15 is 0 Å². The molecule has 2 aliphatic rings. The zero-order chi connectivity index (χ0) is 9.36. The lowest BCUT2D eigenvalue weighted by Crippen LogP contribution is -2.63. The molecule has 3 nitrogen and oxygen atoms in total. The molecule has 2 rings (SSSR count). The lowest BCUT2D eigenvalue weighted by Gasteiger charge is -2.44. The van der Waals surface area contributed by atoms with Gasteiger partial charge in [-0.15, -0.1) is 0 Å². The zero-order valence-corrected chi connectivity index (χ0v) is 8.09. The first-order valence-electron chi connectivity index (χ1n) is 5.25. The Balaban J connectivity index is 2.11. The third kappa shape index (κ3) is 1.49. The van der Waals surface area contributed by atoms with Crippen LogP contribution in [0.2, 0.25) is 0 Å². The summed E-state index contributed by atoms with van der Waals surface area (Å²) in [5.74, 6) is 0. The van der Waals surface area contributed by atoms with Crippen LogP contribution in [0.4, 0.5) is 0 Å². The van der Waals surface area contributed by atoms with Crippen molar-refractivity contribution in [3.8, 4) is 0 Å². The van der Waals surface area contributed by atoms with Gasteiger partial charge in [0.1, 0.15) is 0 Å². The highest BCUT2D eigenvalue weighted by Crippen LogP contribution is 2.40. The molecule has 0 spiro atoms. The number of hydrogen-bond donors (Lipinski definition) is 2. The van der Waals surface area contributed by atoms with Crippen molar-refractivity contribution < 1.29 is 9.84 Å². The van der Waals surface area contributed by atoms with E-state index in [-0.39, 0.29) is 0 Å². The summed E-state index contributed by atoms with van der Waals surface area (Å²) in [6, 6.07) is 0. The van der Waals surface area contributed by atoms with Crippen molar-refractivity contribution in [1.82, 2.24) is 0 Å². The van der Waals surface area contributed by atoms with Crippen LogP contribution in [0, 0.1) is 0 Å². The van der Waals surface area contributed by atoms with Crippen LogP contribution in [0.3, 0.4) is 0 Å². The SMILES string of the molecule is NC1(C2(O)CCCC2)CCCOC1. The van der Waals surface area contributed by atoms with Crippen molar-refractivity contribution in [3.05, 3.63) is 0 Å². The number of aliphatic hydroxyl groups is 1. The van der Waals surface area contributed by atoms with Gasteiger partial charge in [-0.3, -0.25) is 0 Å². The van der Waals surface area contributed by atoms with Crippen molar-refractivity contribution in [2.75, 3.05) is 13.2 Å². The molecule has 0 radical (unpaired) electrons. The fourth-order valence-corrected chi connectivity index (χ4v) is 2.64. The highest BCUT2D eigenvalue weighted by Gasteiger charge is 2.49. The molecular weight excluding hydrogens is 166 g/mol. The molecule has 0 amide bonds. The van der Waals surface area contributed by atoms with E-state index < -0.39 is 11.1 Å². The lowest BCUT2D eigenvalue weighted by molar-refractivity contribution is -0.0926. The van der Waals surface area contributed by atoms with Gasteiger partial charge in [-0.25, -0.2) is 0 Å². The van der Waals surface area contributed by atoms with Crippen LogP contribution >= 0.6 is 0 Å². The monoisotopic (exact) mass is 185 g/mol. The van der Waals surface area contributed by atoms with E-state index in [9.17, 15) is 5.11 Å². The Labute approximate surface area is 79.3 Å². The van der Waals surface area contributed by atoms with Gasteiger partial charge in [-0.1, -0.05) is 12.8 Å². The van der Waals surface area contributed by atoms with Gasteiger partial charge in [0.15, 0.2) is 0 Å². The van der Waals surface area contributed by atoms with E-state index in [1.54, 1.807) is 0 Å². The van der Waals surface area contributed by atoms with Gasteiger partial charge in [-0.05, 0) is 25.7 Å². The van der Waals surface area contributed by atoms with Crippen LogP contribution in [0.5, 0.6) is 0 Å². The minimum absolute atomic E-state index is 0.470. The molecule has 1 saturated carbocycles. The number of ether oxygens (including phenoxy) is 1. The topological polar surface area (TPSA) is 55.5 Å². The zero-order valence-electron chi connectivity index (χ0n) is 8.09. The van der Waals surface area contributed by atoms with Crippen LogP contribution in [-0.4, -0.2) is 29.5 Å². The predicted molar refractivity (Wildman–Crippen MR) is 50.4 cm³/mol. The molecule has 0 bridgehead atoms. The molecule has 1 aliphatic carbocycles. The Morgan fingerprint density at radius 3 is 2.31 bits per heavy atom. The first-order valence-corrected chi connectivity index (χ1v) is 5.25. The number of rotatable bonds is 1. The lowest BCUT2D eigenvalue weighted by atomic mass is 9.75. The van der Waals surface area contributed by atoms with Crippen molar-refractivity contribution in [2.24, 2.45) is 5.73 Å². The summed E-state index contributed by atoms with van der Waals surface area (Å²) >= 11 is 0. The maximum atomic E-state index is 10.4. The Hall–Kier alpha value is -0.120. The quantitative estimate of drug-likeness (QED) is 0.635. The van der Waals surface area contributed by atoms with Gasteiger partial charge in [0.05, 0.1) is 17.7 Å². The summed E-state index contributed by atoms with van der Waals surface area (Å²) < 4.78 is 5.38. The molecule has 0 aromatic heterocycles. The van der Waals surface area contributed by atoms with Crippen LogP contribution < -0.4 is 5.73 Å². The van der Waals surface area contributed by atoms with E-state index in [0.717, 1.165) is 45.1 Å². The maximum absolute atomic E-state index is 10.4. The second-order valence-electron chi connectivity index (χ2n) is 4.55. The van der Waals surface area contributed by atoms with Crippen LogP contribution in [0.1, 0.15) is 38.5 Å². The van der Waals surface area contributed by atoms with Gasteiger partial charge < -0.3 is 15.6 Å². The summed E-state index contributed by atoms with van der Waals surface area (Å²) in [5, 5.41) is 10.4. The Morgan fingerprint density at radius 1 is 1.08 bits per heavy atom. The first-order chi connectivity index (χ1) is 6.16. The van der Waals surface area contributed by atoms with Gasteiger partial charge in [-0.2, -0.15) is 0 Å². The molecule has 1 heterocycles. The number of hydrogen-bond acceptors (Lipinski definition) is 3. The predicted octanol–water partition coefficient (Wildman–Crippen LogP) is 0.799. The van der Waals surface area contributed by atoms with Crippen molar-refractivity contribution in [3.63, 3.8) is 0 Å². The molecule has 13 heavy (non-hydrogen) atoms. The average Bonchev–Trinajstić information content (AvgIpc) is 2.55. The molecule has 0 aromatic carbocycles. The van der Waals surface area contributed by atoms with Gasteiger partial charge in [0.2, 0.25) is 0 Å². The molecule has 3 heteroatoms. The molecule has 1 atom stereocenters. The summed E-state index contributed by atoms with van der Waals surface area (Å²) in [4.78, 5) is 0. The molecule has 3 N–H and O–H groups in total. The smallest absolute Gasteiger partial charge is 0.0848 e. The Bertz CT molecular complexity index is 181. The van der Waals surface area contributed by atoms with Crippen molar-refractivity contribution in [2.45, 2.75) is 49.7 Å². The first kappa shape index (κ1) is 9.44. The average molecular weight is 185 g/mol. The van der Waals surface area contributed by atoms with Crippen LogP contribution in [0.25, 0.3) is 0 Å². The molecule has 1 unspecified atom stereocenters. The third-order valence-corrected chi connectivity index (χ3v) is 3.63. The van der Waals surface area contributed by atoms with Crippen molar-refractivity contribution in [1.29, 1.82) is 0 Å². The second kappa shape index (κ2) is 3.23. The summed E-state index contributed by atoms with van der Waals surface area (Å²) in [6.07, 6.45) is 5.81. The normalized spacial score (nSPS) is 39.2. The fourth-order valence-electron chi connectivity index (χ4n) is 2.64. The van der Waals surface area contributed by atoms with Crippen LogP contribution in [0.15, 0.2) is 0 Å². The summed E-state index contributed by atoms with van der Waals surface area (Å²) in [5.41, 5.74) is 5.11. The third-order valence-electron chi connectivity index (χ3n) is 3.63. The molecule has 2 fully saturated rings. The summed E-state index contributed by atoms with van der Waals surface area (Å²) in [6.45, 7) is 1.33. The van der Waals surface area contributed by atoms with Gasteiger partial charge in [0.25, 0.3) is 0 Å². The standard InChI is InChI=1S/C10H19NO2/c11-9(4-3-7-13-8-9)10(12)5-1-2-6-10/h12H,1-8,11H2. The van der Waals surface area contributed by atoms with E-state index in [2.05, 4.69) is 0 Å².